The van der Waals surface area contributed by atoms with Crippen molar-refractivity contribution >= 4 is 30.0 Å². The molecule has 0 spiro atoms. The lowest BCUT2D eigenvalue weighted by molar-refractivity contribution is -0.393. The van der Waals surface area contributed by atoms with E-state index in [1.54, 1.807) is 13.8 Å². The van der Waals surface area contributed by atoms with Crippen molar-refractivity contribution in [3.05, 3.63) is 0 Å². The number of amides is 1. The first-order chi connectivity index (χ1) is 23.1. The molecule has 0 saturated carbocycles. The molecule has 280 valence electrons. The van der Waals surface area contributed by atoms with Gasteiger partial charge in [-0.05, 0) is 26.7 Å². The van der Waals surface area contributed by atoms with Crippen LogP contribution < -0.4 is 5.32 Å². The van der Waals surface area contributed by atoms with Crippen LogP contribution in [-0.4, -0.2) is 124 Å². The molecule has 0 bridgehead atoms. The minimum Gasteiger partial charge on any atom is -0.463 e. The highest BCUT2D eigenvalue weighted by atomic mass is 16.8. The highest BCUT2D eigenvalue weighted by Crippen LogP contribution is 2.38. The molecular formula is C32H51NO16. The maximum Gasteiger partial charge on any atom is 0.407 e. The molecule has 0 aromatic carbocycles. The fraction of sp³-hybridized carbons (Fsp3) is 0.844. The Kier molecular flexibility index (Phi) is 15.5. The van der Waals surface area contributed by atoms with Crippen LogP contribution in [0.1, 0.15) is 81.1 Å². The number of hydrogen-bond donors (Lipinski definition) is 1. The molecule has 17 heteroatoms. The van der Waals surface area contributed by atoms with Crippen LogP contribution in [0.5, 0.6) is 0 Å². The first kappa shape index (κ1) is 40.3. The molecule has 0 aromatic heterocycles. The molecule has 3 aliphatic rings. The van der Waals surface area contributed by atoms with E-state index in [4.69, 9.17) is 52.1 Å². The Labute approximate surface area is 286 Å². The molecule has 1 amide bonds. The number of alkyl carbamates (subject to hydrolysis) is 1. The van der Waals surface area contributed by atoms with Crippen LogP contribution in [0.4, 0.5) is 4.79 Å². The van der Waals surface area contributed by atoms with Gasteiger partial charge in [-0.1, -0.05) is 26.7 Å². The largest absolute Gasteiger partial charge is 0.463 e. The Morgan fingerprint density at radius 2 is 1.35 bits per heavy atom. The van der Waals surface area contributed by atoms with E-state index < -0.39 is 104 Å². The molecule has 0 aromatic rings. The second kappa shape index (κ2) is 18.8. The van der Waals surface area contributed by atoms with Crippen molar-refractivity contribution in [2.24, 2.45) is 0 Å². The van der Waals surface area contributed by atoms with E-state index in [-0.39, 0.29) is 19.8 Å². The summed E-state index contributed by atoms with van der Waals surface area (Å²) in [6.07, 6.45) is -9.00. The molecule has 1 N–H and O–H groups in total. The van der Waals surface area contributed by atoms with E-state index in [9.17, 15) is 24.0 Å². The Hall–Kier alpha value is -3.09. The first-order valence-electron chi connectivity index (χ1n) is 16.6. The average molecular weight is 706 g/mol. The molecule has 4 unspecified atom stereocenters. The molecule has 10 atom stereocenters. The number of hydrogen-bond acceptors (Lipinski definition) is 16. The maximum absolute atomic E-state index is 13.1. The van der Waals surface area contributed by atoms with Crippen molar-refractivity contribution in [2.45, 2.75) is 148 Å². The molecule has 3 heterocycles. The first-order valence-corrected chi connectivity index (χ1v) is 16.6. The van der Waals surface area contributed by atoms with Gasteiger partial charge in [0.2, 0.25) is 0 Å². The van der Waals surface area contributed by atoms with Crippen LogP contribution in [0.2, 0.25) is 0 Å². The third-order valence-electron chi connectivity index (χ3n) is 7.70. The molecule has 49 heavy (non-hydrogen) atoms. The van der Waals surface area contributed by atoms with Crippen LogP contribution in [0.3, 0.4) is 0 Å². The van der Waals surface area contributed by atoms with Gasteiger partial charge in [-0.15, -0.1) is 0 Å². The number of esters is 4. The van der Waals surface area contributed by atoms with Crippen LogP contribution >= 0.6 is 0 Å². The van der Waals surface area contributed by atoms with Gasteiger partial charge in [0.05, 0.1) is 13.2 Å². The Morgan fingerprint density at radius 1 is 0.735 bits per heavy atom. The summed E-state index contributed by atoms with van der Waals surface area (Å²) in [4.78, 5) is 61.9. The lowest BCUT2D eigenvalue weighted by Gasteiger charge is -2.52. The molecule has 3 saturated heterocycles. The third kappa shape index (κ3) is 12.0. The molecule has 3 rings (SSSR count). The zero-order valence-corrected chi connectivity index (χ0v) is 29.5. The van der Waals surface area contributed by atoms with Gasteiger partial charge >= 0.3 is 30.0 Å². The zero-order valence-electron chi connectivity index (χ0n) is 29.5. The lowest BCUT2D eigenvalue weighted by Crippen LogP contribution is -2.71. The van der Waals surface area contributed by atoms with Crippen LogP contribution in [0.25, 0.3) is 0 Å². The van der Waals surface area contributed by atoms with E-state index >= 15 is 0 Å². The number of ether oxygens (including phenoxy) is 11. The van der Waals surface area contributed by atoms with E-state index in [0.717, 1.165) is 33.6 Å². The predicted octanol–water partition coefficient (Wildman–Crippen LogP) is 2.04. The second-order valence-electron chi connectivity index (χ2n) is 12.4. The molecule has 3 aliphatic heterocycles. The minimum atomic E-state index is -1.57. The highest BCUT2D eigenvalue weighted by Gasteiger charge is 2.58. The molecule has 17 nitrogen and oxygen atoms in total. The van der Waals surface area contributed by atoms with Gasteiger partial charge in [0.1, 0.15) is 37.1 Å². The topological polar surface area (TPSA) is 199 Å². The summed E-state index contributed by atoms with van der Waals surface area (Å²) in [6, 6.07) is -1.09. The van der Waals surface area contributed by atoms with Crippen molar-refractivity contribution in [1.29, 1.82) is 0 Å². The Balaban J connectivity index is 2.10. The molecular weight excluding hydrogens is 654 g/mol. The number of rotatable bonds is 15. The Bertz CT molecular complexity index is 1130. The van der Waals surface area contributed by atoms with E-state index in [1.165, 1.54) is 6.92 Å². The summed E-state index contributed by atoms with van der Waals surface area (Å²) in [6.45, 7) is 11.9. The summed E-state index contributed by atoms with van der Waals surface area (Å²) in [5.74, 6) is -4.16. The van der Waals surface area contributed by atoms with Gasteiger partial charge in [-0.2, -0.15) is 0 Å². The summed E-state index contributed by atoms with van der Waals surface area (Å²) >= 11 is 0. The van der Waals surface area contributed by atoms with Crippen LogP contribution in [0.15, 0.2) is 0 Å². The number of fused-ring (bicyclic) bond motifs is 1. The SMILES string of the molecule is CCCCOC(=O)NC1[C@@H](OCCCC)OC2COC(C)(C)O[C@H]2[C@@H]1O[C@@H]1OC(COC(C)=O)[C@H](OC(C)=O)C(OC(C)=O)[C@@H]1OC(C)=O. The number of nitrogens with one attached hydrogen (secondary N) is 1. The number of carbonyl (C=O) groups is 5. The minimum absolute atomic E-state index is 0.0669. The van der Waals surface area contributed by atoms with Gasteiger partial charge < -0.3 is 57.4 Å². The van der Waals surface area contributed by atoms with E-state index in [0.29, 0.717) is 12.8 Å². The fourth-order valence-electron chi connectivity index (χ4n) is 5.57. The smallest absolute Gasteiger partial charge is 0.407 e. The summed E-state index contributed by atoms with van der Waals surface area (Å²) < 4.78 is 64.6. The van der Waals surface area contributed by atoms with Crippen molar-refractivity contribution in [3.63, 3.8) is 0 Å². The quantitative estimate of drug-likeness (QED) is 0.147. The zero-order chi connectivity index (χ0) is 36.3. The van der Waals surface area contributed by atoms with Crippen molar-refractivity contribution in [1.82, 2.24) is 5.32 Å². The van der Waals surface area contributed by atoms with Crippen LogP contribution in [0, 0.1) is 0 Å². The van der Waals surface area contributed by atoms with E-state index in [2.05, 4.69) is 5.32 Å². The summed E-state index contributed by atoms with van der Waals surface area (Å²) in [5.41, 5.74) is 0. The van der Waals surface area contributed by atoms with Crippen molar-refractivity contribution in [2.75, 3.05) is 26.4 Å². The second-order valence-corrected chi connectivity index (χ2v) is 12.4. The maximum atomic E-state index is 13.1. The monoisotopic (exact) mass is 705 g/mol. The van der Waals surface area contributed by atoms with Crippen molar-refractivity contribution < 1.29 is 76.1 Å². The van der Waals surface area contributed by atoms with Gasteiger partial charge in [0.15, 0.2) is 36.7 Å². The molecule has 0 radical (unpaired) electrons. The van der Waals surface area contributed by atoms with Gasteiger partial charge in [-0.25, -0.2) is 4.79 Å². The summed E-state index contributed by atoms with van der Waals surface area (Å²) in [5, 5.41) is 2.80. The van der Waals surface area contributed by atoms with E-state index in [1.807, 2.05) is 13.8 Å². The average Bonchev–Trinajstić information content (AvgIpc) is 3.00. The normalized spacial score (nSPS) is 32.2. The lowest BCUT2D eigenvalue weighted by atomic mass is 9.94. The highest BCUT2D eigenvalue weighted by molar-refractivity contribution is 5.69. The predicted molar refractivity (Wildman–Crippen MR) is 164 cm³/mol. The number of carbonyl (C=O) groups excluding carboxylic acids is 5. The fourth-order valence-corrected chi connectivity index (χ4v) is 5.57. The third-order valence-corrected chi connectivity index (χ3v) is 7.70. The molecule has 0 aliphatic carbocycles. The van der Waals surface area contributed by atoms with Crippen molar-refractivity contribution in [3.8, 4) is 0 Å². The van der Waals surface area contributed by atoms with Gasteiger partial charge in [0, 0.05) is 34.3 Å². The standard InChI is InChI=1S/C32H51NO16/c1-9-11-13-39-29-23(33-31(38)40-14-12-10-2)26(25-22(46-29)16-42-32(7,8)49-25)48-30-28(45-20(6)37)27(44-19(5)36)24(43-18(4)35)21(47-30)15-41-17(3)34/h21-30H,9-16H2,1-8H3,(H,33,38)/t21?,22?,23?,24-,25+,26+,27?,28-,29-,30-/m0/s1. The number of unbranched alkanes of at least 4 members (excludes halogenated alkanes) is 2. The van der Waals surface area contributed by atoms with Gasteiger partial charge in [-0.3, -0.25) is 19.2 Å². The summed E-state index contributed by atoms with van der Waals surface area (Å²) in [7, 11) is 0. The van der Waals surface area contributed by atoms with Gasteiger partial charge in [0.25, 0.3) is 0 Å². The molecule has 3 fully saturated rings. The van der Waals surface area contributed by atoms with Crippen LogP contribution in [-0.2, 0) is 71.3 Å². The Morgan fingerprint density at radius 3 is 1.96 bits per heavy atom.